The van der Waals surface area contributed by atoms with Crippen molar-refractivity contribution in [2.45, 2.75) is 19.6 Å². The third-order valence-electron chi connectivity index (χ3n) is 2.82. The zero-order valence-corrected chi connectivity index (χ0v) is 14.0. The molecule has 4 nitrogen and oxygen atoms in total. The average molecular weight is 386 g/mol. The Morgan fingerprint density at radius 2 is 2.18 bits per heavy atom. The molecular formula is C15H13BrFNO3S. The van der Waals surface area contributed by atoms with Crippen molar-refractivity contribution in [1.29, 1.82) is 0 Å². The molecule has 1 N–H and O–H groups in total. The Hall–Kier alpha value is -1.73. The van der Waals surface area contributed by atoms with E-state index in [9.17, 15) is 14.0 Å². The molecule has 0 fully saturated rings. The van der Waals surface area contributed by atoms with Crippen LogP contribution in [0.15, 0.2) is 40.2 Å². The first-order chi connectivity index (χ1) is 10.5. The van der Waals surface area contributed by atoms with Gasteiger partial charge in [-0.3, -0.25) is 4.79 Å². The van der Waals surface area contributed by atoms with Crippen LogP contribution in [0.4, 0.5) is 4.39 Å². The summed E-state index contributed by atoms with van der Waals surface area (Å²) in [7, 11) is 0. The third kappa shape index (κ3) is 4.38. The molecule has 1 unspecified atom stereocenters. The fourth-order valence-corrected chi connectivity index (χ4v) is 2.82. The number of hydrogen-bond donors (Lipinski definition) is 1. The van der Waals surface area contributed by atoms with Gasteiger partial charge < -0.3 is 10.1 Å². The Bertz CT molecular complexity index is 675. The second kappa shape index (κ2) is 7.51. The monoisotopic (exact) mass is 385 g/mol. The second-order valence-electron chi connectivity index (χ2n) is 4.47. The molecule has 0 aliphatic carbocycles. The topological polar surface area (TPSA) is 55.4 Å². The Morgan fingerprint density at radius 1 is 1.41 bits per heavy atom. The highest BCUT2D eigenvalue weighted by Crippen LogP contribution is 2.19. The highest BCUT2D eigenvalue weighted by atomic mass is 79.9. The van der Waals surface area contributed by atoms with E-state index in [1.165, 1.54) is 24.3 Å². The van der Waals surface area contributed by atoms with Gasteiger partial charge in [-0.05, 0) is 52.5 Å². The average Bonchev–Trinajstić information content (AvgIpc) is 2.97. The normalized spacial score (nSPS) is 11.8. The lowest BCUT2D eigenvalue weighted by molar-refractivity contribution is -0.129. The largest absolute Gasteiger partial charge is 0.449 e. The molecule has 1 heterocycles. The first-order valence-electron chi connectivity index (χ1n) is 6.43. The summed E-state index contributed by atoms with van der Waals surface area (Å²) in [6, 6.07) is 7.41. The van der Waals surface area contributed by atoms with Gasteiger partial charge in [0.2, 0.25) is 0 Å². The molecule has 0 saturated heterocycles. The predicted molar refractivity (Wildman–Crippen MR) is 85.1 cm³/mol. The van der Waals surface area contributed by atoms with Crippen molar-refractivity contribution in [2.75, 3.05) is 0 Å². The van der Waals surface area contributed by atoms with Crippen molar-refractivity contribution in [1.82, 2.24) is 5.32 Å². The number of esters is 1. The van der Waals surface area contributed by atoms with E-state index >= 15 is 0 Å². The summed E-state index contributed by atoms with van der Waals surface area (Å²) in [5, 5.41) is 4.60. The summed E-state index contributed by atoms with van der Waals surface area (Å²) in [4.78, 5) is 24.9. The fraction of sp³-hybridized carbons (Fsp3) is 0.200. The molecule has 0 saturated carbocycles. The SMILES string of the molecule is CC(OC(=O)c1ccc(F)cc1Br)C(=O)NCc1cccs1. The smallest absolute Gasteiger partial charge is 0.340 e. The number of halogens is 2. The van der Waals surface area contributed by atoms with Crippen LogP contribution < -0.4 is 5.32 Å². The summed E-state index contributed by atoms with van der Waals surface area (Å²) in [6.07, 6.45) is -0.940. The number of amides is 1. The lowest BCUT2D eigenvalue weighted by Crippen LogP contribution is -2.35. The number of benzene rings is 1. The van der Waals surface area contributed by atoms with Crippen LogP contribution in [0, 0.1) is 5.82 Å². The van der Waals surface area contributed by atoms with Crippen LogP contribution in [-0.4, -0.2) is 18.0 Å². The van der Waals surface area contributed by atoms with Gasteiger partial charge in [0.05, 0.1) is 12.1 Å². The van der Waals surface area contributed by atoms with Crippen molar-refractivity contribution >= 4 is 39.1 Å². The maximum atomic E-state index is 13.0. The van der Waals surface area contributed by atoms with Gasteiger partial charge in [-0.25, -0.2) is 9.18 Å². The Morgan fingerprint density at radius 3 is 2.82 bits per heavy atom. The summed E-state index contributed by atoms with van der Waals surface area (Å²) in [6.45, 7) is 1.87. The van der Waals surface area contributed by atoms with E-state index in [0.717, 1.165) is 17.0 Å². The van der Waals surface area contributed by atoms with Crippen LogP contribution >= 0.6 is 27.3 Å². The van der Waals surface area contributed by atoms with Gasteiger partial charge in [-0.1, -0.05) is 6.07 Å². The van der Waals surface area contributed by atoms with Gasteiger partial charge in [0.25, 0.3) is 5.91 Å². The quantitative estimate of drug-likeness (QED) is 0.801. The van der Waals surface area contributed by atoms with Crippen LogP contribution in [0.1, 0.15) is 22.2 Å². The summed E-state index contributed by atoms with van der Waals surface area (Å²) in [5.41, 5.74) is 0.166. The molecule has 0 radical (unpaired) electrons. The zero-order valence-electron chi connectivity index (χ0n) is 11.6. The van der Waals surface area contributed by atoms with Crippen LogP contribution in [0.3, 0.4) is 0 Å². The fourth-order valence-electron chi connectivity index (χ4n) is 1.66. The Kier molecular flexibility index (Phi) is 5.68. The molecule has 116 valence electrons. The lowest BCUT2D eigenvalue weighted by atomic mass is 10.2. The first kappa shape index (κ1) is 16.6. The molecule has 22 heavy (non-hydrogen) atoms. The van der Waals surface area contributed by atoms with Crippen molar-refractivity contribution in [3.63, 3.8) is 0 Å². The highest BCUT2D eigenvalue weighted by Gasteiger charge is 2.20. The number of nitrogens with one attached hydrogen (secondary N) is 1. The summed E-state index contributed by atoms with van der Waals surface area (Å²) < 4.78 is 18.4. The minimum atomic E-state index is -0.940. The van der Waals surface area contributed by atoms with Crippen LogP contribution in [-0.2, 0) is 16.1 Å². The maximum Gasteiger partial charge on any atom is 0.340 e. The van der Waals surface area contributed by atoms with Crippen LogP contribution in [0.25, 0.3) is 0 Å². The van der Waals surface area contributed by atoms with E-state index in [4.69, 9.17) is 4.74 Å². The number of rotatable bonds is 5. The van der Waals surface area contributed by atoms with Gasteiger partial charge in [0.1, 0.15) is 5.82 Å². The van der Waals surface area contributed by atoms with Gasteiger partial charge >= 0.3 is 5.97 Å². The van der Waals surface area contributed by atoms with Crippen molar-refractivity contribution in [3.8, 4) is 0 Å². The van der Waals surface area contributed by atoms with Gasteiger partial charge in [-0.2, -0.15) is 0 Å². The Balaban J connectivity index is 1.91. The van der Waals surface area contributed by atoms with Crippen molar-refractivity contribution in [2.24, 2.45) is 0 Å². The molecule has 0 spiro atoms. The minimum Gasteiger partial charge on any atom is -0.449 e. The van der Waals surface area contributed by atoms with Crippen molar-refractivity contribution < 1.29 is 18.7 Å². The predicted octanol–water partition coefficient (Wildman–Crippen LogP) is 3.51. The minimum absolute atomic E-state index is 0.166. The number of carbonyl (C=O) groups is 2. The van der Waals surface area contributed by atoms with Crippen LogP contribution in [0.2, 0.25) is 0 Å². The van der Waals surface area contributed by atoms with E-state index in [0.29, 0.717) is 6.54 Å². The molecule has 1 aromatic carbocycles. The molecule has 7 heteroatoms. The number of hydrogen-bond acceptors (Lipinski definition) is 4. The lowest BCUT2D eigenvalue weighted by Gasteiger charge is -2.13. The molecule has 2 rings (SSSR count). The summed E-state index contributed by atoms with van der Waals surface area (Å²) >= 11 is 4.62. The first-order valence-corrected chi connectivity index (χ1v) is 8.11. The third-order valence-corrected chi connectivity index (χ3v) is 4.35. The maximum absolute atomic E-state index is 13.0. The number of thiophene rings is 1. The molecule has 0 aliphatic rings. The molecule has 1 aromatic heterocycles. The van der Waals surface area contributed by atoms with E-state index in [1.54, 1.807) is 0 Å². The Labute approximate surface area is 139 Å². The number of carbonyl (C=O) groups excluding carboxylic acids is 2. The van der Waals surface area contributed by atoms with Gasteiger partial charge in [0, 0.05) is 9.35 Å². The van der Waals surface area contributed by atoms with E-state index < -0.39 is 17.9 Å². The standard InChI is InChI=1S/C15H13BrFNO3S/c1-9(14(19)18-8-11-3-2-6-22-11)21-15(20)12-5-4-10(17)7-13(12)16/h2-7,9H,8H2,1H3,(H,18,19). The highest BCUT2D eigenvalue weighted by molar-refractivity contribution is 9.10. The second-order valence-corrected chi connectivity index (χ2v) is 6.36. The van der Waals surface area contributed by atoms with E-state index in [1.807, 2.05) is 17.5 Å². The molecular weight excluding hydrogens is 373 g/mol. The number of ether oxygens (including phenoxy) is 1. The van der Waals surface area contributed by atoms with Gasteiger partial charge in [-0.15, -0.1) is 11.3 Å². The molecule has 2 aromatic rings. The molecule has 1 atom stereocenters. The van der Waals surface area contributed by atoms with E-state index in [2.05, 4.69) is 21.2 Å². The molecule has 0 bridgehead atoms. The van der Waals surface area contributed by atoms with Crippen LogP contribution in [0.5, 0.6) is 0 Å². The summed E-state index contributed by atoms with van der Waals surface area (Å²) in [5.74, 6) is -1.55. The van der Waals surface area contributed by atoms with Crippen molar-refractivity contribution in [3.05, 3.63) is 56.4 Å². The van der Waals surface area contributed by atoms with Gasteiger partial charge in [0.15, 0.2) is 6.10 Å². The zero-order chi connectivity index (χ0) is 16.1. The molecule has 1 amide bonds. The van der Waals surface area contributed by atoms with E-state index in [-0.39, 0.29) is 15.9 Å². The molecule has 0 aliphatic heterocycles.